The lowest BCUT2D eigenvalue weighted by Gasteiger charge is -2.43. The first-order valence-corrected chi connectivity index (χ1v) is 8.88. The summed E-state index contributed by atoms with van der Waals surface area (Å²) >= 11 is 1.99. The van der Waals surface area contributed by atoms with Crippen molar-refractivity contribution in [2.24, 2.45) is 11.3 Å². The summed E-state index contributed by atoms with van der Waals surface area (Å²) in [6.07, 6.45) is 5.20. The number of aliphatic hydroxyl groups is 1. The number of nitrogens with one attached hydrogen (secondary N) is 1. The molecule has 0 saturated heterocycles. The summed E-state index contributed by atoms with van der Waals surface area (Å²) in [4.78, 5) is 0. The molecule has 1 aliphatic rings. The SMILES string of the molecule is CCNC1CCC(C(C)(C)CC)CC1SC(C)CO. The lowest BCUT2D eigenvalue weighted by atomic mass is 9.68. The monoisotopic (exact) mass is 287 g/mol. The zero-order chi connectivity index (χ0) is 14.5. The highest BCUT2D eigenvalue weighted by Gasteiger charge is 2.37. The summed E-state index contributed by atoms with van der Waals surface area (Å²) in [6.45, 7) is 12.8. The van der Waals surface area contributed by atoms with Crippen LogP contribution in [0.3, 0.4) is 0 Å². The third-order valence-corrected chi connectivity index (χ3v) is 6.42. The average Bonchev–Trinajstić information content (AvgIpc) is 2.40. The second kappa shape index (κ2) is 7.90. The minimum absolute atomic E-state index is 0.294. The van der Waals surface area contributed by atoms with Crippen LogP contribution in [0.15, 0.2) is 0 Å². The Bertz CT molecular complexity index is 257. The van der Waals surface area contributed by atoms with Crippen LogP contribution in [-0.2, 0) is 0 Å². The predicted molar refractivity (Wildman–Crippen MR) is 86.8 cm³/mol. The third kappa shape index (κ3) is 4.95. The van der Waals surface area contributed by atoms with Gasteiger partial charge in [0.1, 0.15) is 0 Å². The fourth-order valence-electron chi connectivity index (χ4n) is 3.12. The van der Waals surface area contributed by atoms with Gasteiger partial charge in [-0.3, -0.25) is 0 Å². The molecule has 4 atom stereocenters. The average molecular weight is 288 g/mol. The largest absolute Gasteiger partial charge is 0.395 e. The topological polar surface area (TPSA) is 32.3 Å². The maximum atomic E-state index is 9.31. The van der Waals surface area contributed by atoms with E-state index in [0.717, 1.165) is 12.5 Å². The van der Waals surface area contributed by atoms with E-state index in [9.17, 15) is 5.11 Å². The molecule has 2 N–H and O–H groups in total. The fourth-order valence-corrected chi connectivity index (χ4v) is 4.56. The van der Waals surface area contributed by atoms with E-state index in [2.05, 4.69) is 39.9 Å². The van der Waals surface area contributed by atoms with E-state index in [1.165, 1.54) is 25.7 Å². The first-order chi connectivity index (χ1) is 8.94. The maximum absolute atomic E-state index is 9.31. The Morgan fingerprint density at radius 3 is 2.53 bits per heavy atom. The van der Waals surface area contributed by atoms with E-state index in [-0.39, 0.29) is 0 Å². The molecule has 0 aliphatic heterocycles. The molecule has 1 rings (SSSR count). The standard InChI is InChI=1S/C16H33NOS/c1-6-16(4,5)13-8-9-14(17-7-2)15(10-13)19-12(3)11-18/h12-15,17-18H,6-11H2,1-5H3. The lowest BCUT2D eigenvalue weighted by Crippen LogP contribution is -2.45. The molecule has 0 heterocycles. The van der Waals surface area contributed by atoms with Crippen LogP contribution >= 0.6 is 11.8 Å². The quantitative estimate of drug-likeness (QED) is 0.749. The van der Waals surface area contributed by atoms with E-state index < -0.39 is 0 Å². The van der Waals surface area contributed by atoms with Gasteiger partial charge >= 0.3 is 0 Å². The smallest absolute Gasteiger partial charge is 0.0547 e. The summed E-state index contributed by atoms with van der Waals surface area (Å²) in [7, 11) is 0. The van der Waals surface area contributed by atoms with Crippen molar-refractivity contribution in [2.75, 3.05) is 13.2 Å². The summed E-state index contributed by atoms with van der Waals surface area (Å²) in [5, 5.41) is 14.0. The second-order valence-corrected chi connectivity index (χ2v) is 8.37. The van der Waals surface area contributed by atoms with Gasteiger partial charge in [0.15, 0.2) is 0 Å². The molecule has 0 amide bonds. The molecule has 3 heteroatoms. The van der Waals surface area contributed by atoms with Crippen molar-refractivity contribution in [3.63, 3.8) is 0 Å². The van der Waals surface area contributed by atoms with E-state index in [1.54, 1.807) is 0 Å². The normalized spacial score (nSPS) is 30.3. The van der Waals surface area contributed by atoms with Gasteiger partial charge in [-0.15, -0.1) is 0 Å². The summed E-state index contributed by atoms with van der Waals surface area (Å²) in [5.74, 6) is 0.829. The molecule has 1 saturated carbocycles. The summed E-state index contributed by atoms with van der Waals surface area (Å²) in [5.41, 5.74) is 0.457. The van der Waals surface area contributed by atoms with Gasteiger partial charge in [0.2, 0.25) is 0 Å². The molecule has 0 aromatic carbocycles. The summed E-state index contributed by atoms with van der Waals surface area (Å²) in [6, 6.07) is 0.632. The molecular formula is C16H33NOS. The lowest BCUT2D eigenvalue weighted by molar-refractivity contribution is 0.141. The molecule has 4 unspecified atom stereocenters. The van der Waals surface area contributed by atoms with Crippen LogP contribution < -0.4 is 5.32 Å². The van der Waals surface area contributed by atoms with Crippen molar-refractivity contribution in [3.8, 4) is 0 Å². The Morgan fingerprint density at radius 2 is 2.00 bits per heavy atom. The Morgan fingerprint density at radius 1 is 1.32 bits per heavy atom. The Kier molecular flexibility index (Phi) is 7.20. The molecule has 1 fully saturated rings. The van der Waals surface area contributed by atoms with Crippen LogP contribution in [0.4, 0.5) is 0 Å². The van der Waals surface area contributed by atoms with Crippen molar-refractivity contribution >= 4 is 11.8 Å². The molecule has 0 bridgehead atoms. The van der Waals surface area contributed by atoms with Gasteiger partial charge in [0, 0.05) is 16.5 Å². The molecule has 0 aromatic heterocycles. The van der Waals surface area contributed by atoms with Crippen LogP contribution in [0.1, 0.15) is 60.3 Å². The first-order valence-electron chi connectivity index (χ1n) is 7.94. The van der Waals surface area contributed by atoms with E-state index in [4.69, 9.17) is 0 Å². The Hall–Kier alpha value is 0.270. The molecule has 0 radical (unpaired) electrons. The van der Waals surface area contributed by atoms with Crippen LogP contribution in [0.2, 0.25) is 0 Å². The third-order valence-electron chi connectivity index (χ3n) is 4.94. The van der Waals surface area contributed by atoms with Gasteiger partial charge < -0.3 is 10.4 Å². The number of hydrogen-bond donors (Lipinski definition) is 2. The van der Waals surface area contributed by atoms with Crippen molar-refractivity contribution in [1.29, 1.82) is 0 Å². The Labute approximate surface area is 124 Å². The highest BCUT2D eigenvalue weighted by atomic mass is 32.2. The molecule has 0 spiro atoms. The van der Waals surface area contributed by atoms with Gasteiger partial charge in [-0.2, -0.15) is 11.8 Å². The van der Waals surface area contributed by atoms with Crippen LogP contribution in [0.5, 0.6) is 0 Å². The van der Waals surface area contributed by atoms with E-state index in [1.807, 2.05) is 11.8 Å². The van der Waals surface area contributed by atoms with Crippen LogP contribution in [0, 0.1) is 11.3 Å². The number of aliphatic hydroxyl groups excluding tert-OH is 1. The fraction of sp³-hybridized carbons (Fsp3) is 1.00. The van der Waals surface area contributed by atoms with Gasteiger partial charge in [-0.25, -0.2) is 0 Å². The molecule has 1 aliphatic carbocycles. The van der Waals surface area contributed by atoms with Crippen LogP contribution in [0.25, 0.3) is 0 Å². The Balaban J connectivity index is 2.67. The van der Waals surface area contributed by atoms with Crippen molar-refractivity contribution in [2.45, 2.75) is 76.8 Å². The zero-order valence-corrected chi connectivity index (χ0v) is 14.2. The van der Waals surface area contributed by atoms with Crippen molar-refractivity contribution in [3.05, 3.63) is 0 Å². The van der Waals surface area contributed by atoms with Crippen LogP contribution in [-0.4, -0.2) is 34.8 Å². The van der Waals surface area contributed by atoms with Gasteiger partial charge in [-0.1, -0.05) is 41.0 Å². The molecule has 0 aromatic rings. The zero-order valence-electron chi connectivity index (χ0n) is 13.4. The number of hydrogen-bond acceptors (Lipinski definition) is 3. The molecule has 114 valence electrons. The predicted octanol–water partition coefficient (Wildman–Crippen LogP) is 3.68. The maximum Gasteiger partial charge on any atom is 0.0547 e. The van der Waals surface area contributed by atoms with E-state index >= 15 is 0 Å². The van der Waals surface area contributed by atoms with Crippen molar-refractivity contribution in [1.82, 2.24) is 5.32 Å². The number of rotatable bonds is 7. The second-order valence-electron chi connectivity index (χ2n) is 6.68. The first kappa shape index (κ1) is 17.3. The highest BCUT2D eigenvalue weighted by molar-refractivity contribution is 8.00. The number of thioether (sulfide) groups is 1. The van der Waals surface area contributed by atoms with Gasteiger partial charge in [-0.05, 0) is 37.1 Å². The van der Waals surface area contributed by atoms with Gasteiger partial charge in [0.05, 0.1) is 6.61 Å². The van der Waals surface area contributed by atoms with E-state index in [0.29, 0.717) is 28.6 Å². The van der Waals surface area contributed by atoms with Gasteiger partial charge in [0.25, 0.3) is 0 Å². The minimum Gasteiger partial charge on any atom is -0.395 e. The minimum atomic E-state index is 0.294. The van der Waals surface area contributed by atoms with Crippen molar-refractivity contribution < 1.29 is 5.11 Å². The molecule has 19 heavy (non-hydrogen) atoms. The molecule has 2 nitrogen and oxygen atoms in total. The highest BCUT2D eigenvalue weighted by Crippen LogP contribution is 2.44. The summed E-state index contributed by atoms with van der Waals surface area (Å²) < 4.78 is 0. The molecular weight excluding hydrogens is 254 g/mol.